The van der Waals surface area contributed by atoms with Crippen LogP contribution in [0, 0.1) is 17.8 Å². The van der Waals surface area contributed by atoms with Gasteiger partial charge >= 0.3 is 0 Å². The topological polar surface area (TPSA) is 12.0 Å². The van der Waals surface area contributed by atoms with Crippen LogP contribution in [0.2, 0.25) is 0 Å². The predicted molar refractivity (Wildman–Crippen MR) is 82.2 cm³/mol. The average Bonchev–Trinajstić information content (AvgIpc) is 2.97. The SMILES string of the molecule is Brc1ccc(C2(CC3CC4CCC3C4)CNC2)cc1. The van der Waals surface area contributed by atoms with Gasteiger partial charge in [-0.1, -0.05) is 34.5 Å². The predicted octanol–water partition coefficient (Wildman–Crippen LogP) is 4.12. The van der Waals surface area contributed by atoms with E-state index in [9.17, 15) is 0 Å². The molecule has 1 aromatic carbocycles. The van der Waals surface area contributed by atoms with E-state index in [0.717, 1.165) is 17.8 Å². The zero-order chi connectivity index (χ0) is 12.9. The molecule has 2 saturated carbocycles. The minimum absolute atomic E-state index is 0.440. The van der Waals surface area contributed by atoms with Gasteiger partial charge in [0.2, 0.25) is 0 Å². The van der Waals surface area contributed by atoms with Gasteiger partial charge in [0.25, 0.3) is 0 Å². The Morgan fingerprint density at radius 3 is 2.42 bits per heavy atom. The lowest BCUT2D eigenvalue weighted by atomic mass is 9.67. The molecule has 19 heavy (non-hydrogen) atoms. The summed E-state index contributed by atoms with van der Waals surface area (Å²) in [6.07, 6.45) is 7.50. The second-order valence-corrected chi connectivity index (χ2v) is 7.95. The molecule has 3 unspecified atom stereocenters. The lowest BCUT2D eigenvalue weighted by Crippen LogP contribution is -2.57. The maximum atomic E-state index is 3.55. The Hall–Kier alpha value is -0.340. The highest BCUT2D eigenvalue weighted by molar-refractivity contribution is 9.10. The van der Waals surface area contributed by atoms with Gasteiger partial charge in [-0.05, 0) is 61.1 Å². The Balaban J connectivity index is 1.55. The molecule has 0 radical (unpaired) electrons. The fourth-order valence-corrected chi connectivity index (χ4v) is 5.09. The molecule has 2 bridgehead atoms. The highest BCUT2D eigenvalue weighted by atomic mass is 79.9. The van der Waals surface area contributed by atoms with Gasteiger partial charge in [-0.25, -0.2) is 0 Å². The van der Waals surface area contributed by atoms with Gasteiger partial charge in [-0.15, -0.1) is 0 Å². The smallest absolute Gasteiger partial charge is 0.0205 e. The molecule has 2 aliphatic carbocycles. The van der Waals surface area contributed by atoms with E-state index in [1.807, 2.05) is 0 Å². The Bertz CT molecular complexity index is 463. The summed E-state index contributed by atoms with van der Waals surface area (Å²) >= 11 is 3.55. The molecule has 3 atom stereocenters. The van der Waals surface area contributed by atoms with Gasteiger partial charge in [0, 0.05) is 23.0 Å². The van der Waals surface area contributed by atoms with Crippen molar-refractivity contribution in [3.63, 3.8) is 0 Å². The standard InChI is InChI=1S/C17H22BrN/c18-16-5-3-15(4-6-16)17(10-19-11-17)9-14-8-12-1-2-13(14)7-12/h3-6,12-14,19H,1-2,7-11H2. The molecule has 0 amide bonds. The highest BCUT2D eigenvalue weighted by Gasteiger charge is 2.46. The van der Waals surface area contributed by atoms with Crippen molar-refractivity contribution in [2.45, 2.75) is 37.5 Å². The summed E-state index contributed by atoms with van der Waals surface area (Å²) in [6, 6.07) is 9.07. The van der Waals surface area contributed by atoms with E-state index in [0.29, 0.717) is 5.41 Å². The van der Waals surface area contributed by atoms with Crippen LogP contribution in [-0.2, 0) is 5.41 Å². The molecule has 3 aliphatic rings. The molecule has 1 aromatic rings. The summed E-state index contributed by atoms with van der Waals surface area (Å²) in [4.78, 5) is 0. The molecule has 0 spiro atoms. The summed E-state index contributed by atoms with van der Waals surface area (Å²) in [5.41, 5.74) is 1.99. The first-order chi connectivity index (χ1) is 9.25. The average molecular weight is 320 g/mol. The van der Waals surface area contributed by atoms with Crippen LogP contribution in [0.15, 0.2) is 28.7 Å². The van der Waals surface area contributed by atoms with Gasteiger partial charge in [-0.2, -0.15) is 0 Å². The van der Waals surface area contributed by atoms with E-state index < -0.39 is 0 Å². The summed E-state index contributed by atoms with van der Waals surface area (Å²) in [7, 11) is 0. The number of benzene rings is 1. The molecular weight excluding hydrogens is 298 g/mol. The largest absolute Gasteiger partial charge is 0.315 e. The molecule has 1 heterocycles. The fourth-order valence-electron chi connectivity index (χ4n) is 4.82. The van der Waals surface area contributed by atoms with Crippen LogP contribution in [0.25, 0.3) is 0 Å². The second-order valence-electron chi connectivity index (χ2n) is 7.03. The normalized spacial score (nSPS) is 35.3. The zero-order valence-electron chi connectivity index (χ0n) is 11.4. The van der Waals surface area contributed by atoms with Crippen molar-refractivity contribution in [1.29, 1.82) is 0 Å². The molecule has 1 nitrogen and oxygen atoms in total. The lowest BCUT2D eigenvalue weighted by molar-refractivity contribution is 0.180. The van der Waals surface area contributed by atoms with Crippen LogP contribution >= 0.6 is 15.9 Å². The Kier molecular flexibility index (Phi) is 3.00. The van der Waals surface area contributed by atoms with E-state index in [2.05, 4.69) is 45.5 Å². The van der Waals surface area contributed by atoms with Gasteiger partial charge in [0.15, 0.2) is 0 Å². The molecule has 4 rings (SSSR count). The van der Waals surface area contributed by atoms with Crippen molar-refractivity contribution in [3.8, 4) is 0 Å². The lowest BCUT2D eigenvalue weighted by Gasteiger charge is -2.46. The minimum atomic E-state index is 0.440. The summed E-state index contributed by atoms with van der Waals surface area (Å²) < 4.78 is 1.19. The van der Waals surface area contributed by atoms with E-state index in [4.69, 9.17) is 0 Å². The number of hydrogen-bond donors (Lipinski definition) is 1. The molecule has 2 heteroatoms. The monoisotopic (exact) mass is 319 g/mol. The number of halogens is 1. The van der Waals surface area contributed by atoms with Crippen LogP contribution in [0.1, 0.15) is 37.7 Å². The van der Waals surface area contributed by atoms with E-state index >= 15 is 0 Å². The van der Waals surface area contributed by atoms with Crippen molar-refractivity contribution in [2.24, 2.45) is 17.8 Å². The minimum Gasteiger partial charge on any atom is -0.315 e. The van der Waals surface area contributed by atoms with Crippen LogP contribution in [0.4, 0.5) is 0 Å². The van der Waals surface area contributed by atoms with Crippen LogP contribution in [-0.4, -0.2) is 13.1 Å². The Morgan fingerprint density at radius 1 is 1.11 bits per heavy atom. The molecule has 1 aliphatic heterocycles. The molecule has 1 saturated heterocycles. The quantitative estimate of drug-likeness (QED) is 0.883. The maximum absolute atomic E-state index is 3.55. The van der Waals surface area contributed by atoms with Gasteiger partial charge in [0.05, 0.1) is 0 Å². The second kappa shape index (κ2) is 4.60. The Labute approximate surface area is 124 Å². The van der Waals surface area contributed by atoms with Crippen molar-refractivity contribution in [1.82, 2.24) is 5.32 Å². The summed E-state index contributed by atoms with van der Waals surface area (Å²) in [6.45, 7) is 2.37. The third-order valence-corrected chi connectivity index (χ3v) is 6.45. The van der Waals surface area contributed by atoms with Gasteiger partial charge in [-0.3, -0.25) is 0 Å². The maximum Gasteiger partial charge on any atom is 0.0205 e. The number of fused-ring (bicyclic) bond motifs is 2. The van der Waals surface area contributed by atoms with Crippen LogP contribution in [0.3, 0.4) is 0 Å². The summed E-state index contributed by atoms with van der Waals surface area (Å²) in [5.74, 6) is 3.13. The third kappa shape index (κ3) is 2.08. The number of hydrogen-bond acceptors (Lipinski definition) is 1. The van der Waals surface area contributed by atoms with Crippen LogP contribution in [0.5, 0.6) is 0 Å². The third-order valence-electron chi connectivity index (χ3n) is 5.92. The molecule has 102 valence electrons. The first-order valence-electron chi connectivity index (χ1n) is 7.72. The Morgan fingerprint density at radius 2 is 1.89 bits per heavy atom. The van der Waals surface area contributed by atoms with Crippen molar-refractivity contribution < 1.29 is 0 Å². The number of nitrogens with one attached hydrogen (secondary N) is 1. The molecule has 3 fully saturated rings. The van der Waals surface area contributed by atoms with Crippen molar-refractivity contribution >= 4 is 15.9 Å². The van der Waals surface area contributed by atoms with E-state index in [1.54, 1.807) is 5.56 Å². The fraction of sp³-hybridized carbons (Fsp3) is 0.647. The van der Waals surface area contributed by atoms with Crippen molar-refractivity contribution in [2.75, 3.05) is 13.1 Å². The zero-order valence-corrected chi connectivity index (χ0v) is 13.0. The highest BCUT2D eigenvalue weighted by Crippen LogP contribution is 2.52. The summed E-state index contributed by atoms with van der Waals surface area (Å²) in [5, 5.41) is 3.52. The number of rotatable bonds is 3. The van der Waals surface area contributed by atoms with Crippen molar-refractivity contribution in [3.05, 3.63) is 34.3 Å². The molecule has 1 N–H and O–H groups in total. The van der Waals surface area contributed by atoms with Gasteiger partial charge in [0.1, 0.15) is 0 Å². The van der Waals surface area contributed by atoms with E-state index in [1.165, 1.54) is 49.7 Å². The van der Waals surface area contributed by atoms with Gasteiger partial charge < -0.3 is 5.32 Å². The van der Waals surface area contributed by atoms with Crippen LogP contribution < -0.4 is 5.32 Å². The first kappa shape index (κ1) is 12.4. The first-order valence-corrected chi connectivity index (χ1v) is 8.51. The van der Waals surface area contributed by atoms with E-state index in [-0.39, 0.29) is 0 Å². The molecule has 0 aromatic heterocycles. The molecular formula is C17H22BrN.